The van der Waals surface area contributed by atoms with Crippen molar-refractivity contribution in [2.75, 3.05) is 0 Å². The second-order valence-corrected chi connectivity index (χ2v) is 15.7. The van der Waals surface area contributed by atoms with Crippen LogP contribution in [0.25, 0.3) is 117 Å². The van der Waals surface area contributed by atoms with Gasteiger partial charge >= 0.3 is 0 Å². The molecule has 0 radical (unpaired) electrons. The van der Waals surface area contributed by atoms with E-state index in [1.54, 1.807) is 0 Å². The minimum atomic E-state index is 0.918. The van der Waals surface area contributed by atoms with Crippen molar-refractivity contribution in [1.29, 1.82) is 0 Å². The van der Waals surface area contributed by atoms with Crippen LogP contribution in [0, 0.1) is 0 Å². The molecule has 0 fully saturated rings. The first-order valence-corrected chi connectivity index (χ1v) is 19.0. The highest BCUT2D eigenvalue weighted by molar-refractivity contribution is 7.26. The molecule has 0 saturated heterocycles. The molecule has 9 aromatic carbocycles. The van der Waals surface area contributed by atoms with Crippen molar-refractivity contribution in [3.05, 3.63) is 158 Å². The number of hydrogen-bond acceptors (Lipinski definition) is 3. The topological polar surface area (TPSA) is 13.1 Å². The standard InChI is InChI=1S/C48H26OS2/c1-3-13-35-33(11-1)46(28-17-20-31-30-9-5-7-15-40(30)49-41(31)23-28)34-12-2-4-14-36(34)47(35)29-18-21-37-44(25-29)51-43-22-19-27-24-45-39(26-38(27)48(37)43)32-10-6-8-16-42(32)50-45/h1-26H. The zero-order valence-corrected chi connectivity index (χ0v) is 28.9. The van der Waals surface area contributed by atoms with Gasteiger partial charge in [0.25, 0.3) is 0 Å². The van der Waals surface area contributed by atoms with Gasteiger partial charge in [0.15, 0.2) is 0 Å². The van der Waals surface area contributed by atoms with Crippen LogP contribution in [0.1, 0.15) is 0 Å². The zero-order chi connectivity index (χ0) is 33.2. The summed E-state index contributed by atoms with van der Waals surface area (Å²) in [6.45, 7) is 0. The molecule has 0 atom stereocenters. The molecule has 0 bridgehead atoms. The van der Waals surface area contributed by atoms with Gasteiger partial charge < -0.3 is 4.42 Å². The van der Waals surface area contributed by atoms with Gasteiger partial charge in [-0.05, 0) is 103 Å². The van der Waals surface area contributed by atoms with Crippen LogP contribution in [0.15, 0.2) is 162 Å². The molecule has 12 rings (SSSR count). The third-order valence-corrected chi connectivity index (χ3v) is 13.1. The highest BCUT2D eigenvalue weighted by Crippen LogP contribution is 2.47. The lowest BCUT2D eigenvalue weighted by molar-refractivity contribution is 0.669. The summed E-state index contributed by atoms with van der Waals surface area (Å²) in [5.74, 6) is 0. The molecule has 3 heteroatoms. The van der Waals surface area contributed by atoms with Crippen LogP contribution >= 0.6 is 22.7 Å². The predicted octanol–water partition coefficient (Wildman–Crippen LogP) is 15.1. The third-order valence-electron chi connectivity index (χ3n) is 10.8. The highest BCUT2D eigenvalue weighted by atomic mass is 32.1. The minimum absolute atomic E-state index is 0.918. The molecule has 12 aromatic rings. The summed E-state index contributed by atoms with van der Waals surface area (Å²) in [6.07, 6.45) is 0. The van der Waals surface area contributed by atoms with Gasteiger partial charge in [0.05, 0.1) is 0 Å². The van der Waals surface area contributed by atoms with E-state index in [1.807, 2.05) is 28.7 Å². The maximum absolute atomic E-state index is 6.36. The molecular formula is C48H26OS2. The van der Waals surface area contributed by atoms with Gasteiger partial charge in [-0.25, -0.2) is 0 Å². The zero-order valence-electron chi connectivity index (χ0n) is 27.2. The molecule has 3 heterocycles. The Balaban J connectivity index is 1.10. The molecule has 0 spiro atoms. The number of furan rings is 1. The maximum Gasteiger partial charge on any atom is 0.136 e. The van der Waals surface area contributed by atoms with Crippen LogP contribution in [0.2, 0.25) is 0 Å². The van der Waals surface area contributed by atoms with E-state index in [-0.39, 0.29) is 0 Å². The van der Waals surface area contributed by atoms with Crippen LogP contribution in [-0.4, -0.2) is 0 Å². The Morgan fingerprint density at radius 3 is 1.63 bits per heavy atom. The Morgan fingerprint density at radius 1 is 0.314 bits per heavy atom. The van der Waals surface area contributed by atoms with E-state index in [4.69, 9.17) is 4.42 Å². The molecule has 51 heavy (non-hydrogen) atoms. The van der Waals surface area contributed by atoms with Gasteiger partial charge in [0.1, 0.15) is 11.2 Å². The SMILES string of the molecule is c1ccc2c(c1)oc1cc(-c3c4ccccc4c(-c4ccc5c(c4)sc4ccc6cc7sc8ccccc8c7cc6c45)c4ccccc34)ccc12. The van der Waals surface area contributed by atoms with E-state index in [2.05, 4.69) is 152 Å². The summed E-state index contributed by atoms with van der Waals surface area (Å²) in [7, 11) is 0. The monoisotopic (exact) mass is 682 g/mol. The van der Waals surface area contributed by atoms with Crippen molar-refractivity contribution in [2.24, 2.45) is 0 Å². The van der Waals surface area contributed by atoms with Crippen molar-refractivity contribution < 1.29 is 4.42 Å². The highest BCUT2D eigenvalue weighted by Gasteiger charge is 2.19. The Morgan fingerprint density at radius 2 is 0.882 bits per heavy atom. The fourth-order valence-electron chi connectivity index (χ4n) is 8.60. The summed E-state index contributed by atoms with van der Waals surface area (Å²) in [4.78, 5) is 0. The third kappa shape index (κ3) is 3.90. The average Bonchev–Trinajstić information content (AvgIpc) is 3.86. The number of para-hydroxylation sites is 1. The quantitative estimate of drug-likeness (QED) is 0.165. The molecule has 0 N–H and O–H groups in total. The summed E-state index contributed by atoms with van der Waals surface area (Å²) >= 11 is 3.79. The van der Waals surface area contributed by atoms with Crippen molar-refractivity contribution in [3.8, 4) is 22.3 Å². The van der Waals surface area contributed by atoms with Crippen LogP contribution in [0.5, 0.6) is 0 Å². The molecule has 0 aliphatic heterocycles. The fraction of sp³-hybridized carbons (Fsp3) is 0. The molecule has 1 nitrogen and oxygen atoms in total. The van der Waals surface area contributed by atoms with Gasteiger partial charge in [-0.2, -0.15) is 0 Å². The normalized spacial score (nSPS) is 12.3. The number of rotatable bonds is 2. The molecule has 0 amide bonds. The van der Waals surface area contributed by atoms with E-state index in [0.717, 1.165) is 21.9 Å². The van der Waals surface area contributed by atoms with E-state index in [1.165, 1.54) is 94.9 Å². The molecule has 0 saturated carbocycles. The summed E-state index contributed by atoms with van der Waals surface area (Å²) in [5.41, 5.74) is 6.78. The van der Waals surface area contributed by atoms with Gasteiger partial charge in [-0.3, -0.25) is 0 Å². The van der Waals surface area contributed by atoms with Crippen molar-refractivity contribution in [2.45, 2.75) is 0 Å². The van der Waals surface area contributed by atoms with Crippen molar-refractivity contribution >= 4 is 117 Å². The van der Waals surface area contributed by atoms with E-state index < -0.39 is 0 Å². The van der Waals surface area contributed by atoms with Gasteiger partial charge in [-0.1, -0.05) is 109 Å². The Bertz CT molecular complexity index is 3370. The lowest BCUT2D eigenvalue weighted by Crippen LogP contribution is -1.90. The Hall–Kier alpha value is -6.00. The smallest absolute Gasteiger partial charge is 0.136 e. The van der Waals surface area contributed by atoms with Crippen LogP contribution in [0.3, 0.4) is 0 Å². The van der Waals surface area contributed by atoms with Gasteiger partial charge in [0, 0.05) is 51.1 Å². The maximum atomic E-state index is 6.36. The molecule has 3 aromatic heterocycles. The van der Waals surface area contributed by atoms with Crippen molar-refractivity contribution in [1.82, 2.24) is 0 Å². The molecule has 236 valence electrons. The first-order chi connectivity index (χ1) is 25.3. The number of hydrogen-bond donors (Lipinski definition) is 0. The predicted molar refractivity (Wildman–Crippen MR) is 223 cm³/mol. The Kier molecular flexibility index (Phi) is 5.59. The lowest BCUT2D eigenvalue weighted by Gasteiger charge is -2.17. The van der Waals surface area contributed by atoms with Crippen LogP contribution in [-0.2, 0) is 0 Å². The van der Waals surface area contributed by atoms with Crippen LogP contribution in [0.4, 0.5) is 0 Å². The van der Waals surface area contributed by atoms with E-state index in [9.17, 15) is 0 Å². The lowest BCUT2D eigenvalue weighted by atomic mass is 9.85. The van der Waals surface area contributed by atoms with E-state index >= 15 is 0 Å². The van der Waals surface area contributed by atoms with Gasteiger partial charge in [0.2, 0.25) is 0 Å². The number of benzene rings is 9. The van der Waals surface area contributed by atoms with Gasteiger partial charge in [-0.15, -0.1) is 22.7 Å². The summed E-state index contributed by atoms with van der Waals surface area (Å²) in [5, 5.41) is 15.3. The molecule has 0 aliphatic carbocycles. The number of thiophene rings is 2. The first-order valence-electron chi connectivity index (χ1n) is 17.3. The van der Waals surface area contributed by atoms with Crippen molar-refractivity contribution in [3.63, 3.8) is 0 Å². The minimum Gasteiger partial charge on any atom is -0.456 e. The first kappa shape index (κ1) is 27.8. The average molecular weight is 683 g/mol. The van der Waals surface area contributed by atoms with Crippen LogP contribution < -0.4 is 0 Å². The largest absolute Gasteiger partial charge is 0.456 e. The summed E-state index contributed by atoms with van der Waals surface area (Å²) in [6, 6.07) is 58.2. The molecule has 0 aliphatic rings. The van der Waals surface area contributed by atoms with E-state index in [0.29, 0.717) is 0 Å². The Labute approximate surface area is 300 Å². The summed E-state index contributed by atoms with van der Waals surface area (Å²) < 4.78 is 11.7. The second-order valence-electron chi connectivity index (χ2n) is 13.6. The number of fused-ring (bicyclic) bond motifs is 13. The molecule has 0 unspecified atom stereocenters. The second kappa shape index (κ2) is 10.3. The molecular weight excluding hydrogens is 657 g/mol. The fourth-order valence-corrected chi connectivity index (χ4v) is 10.9.